The first kappa shape index (κ1) is 20.3. The molecule has 0 fully saturated rings. The normalized spacial score (nSPS) is 10.8. The van der Waals surface area contributed by atoms with Crippen LogP contribution in [0.3, 0.4) is 0 Å². The largest absolute Gasteiger partial charge is 0.479 e. The highest BCUT2D eigenvalue weighted by Crippen LogP contribution is 2.32. The van der Waals surface area contributed by atoms with Crippen molar-refractivity contribution in [1.82, 2.24) is 4.98 Å². The number of primary amides is 1. The molecule has 0 unspecified atom stereocenters. The number of ether oxygens (including phenoxy) is 1. The number of nitrogens with zero attached hydrogens (tertiary/aromatic N) is 1. The van der Waals surface area contributed by atoms with Gasteiger partial charge in [-0.15, -0.1) is 0 Å². The lowest BCUT2D eigenvalue weighted by Crippen LogP contribution is -2.11. The number of aliphatic carboxylic acids is 1. The van der Waals surface area contributed by atoms with E-state index < -0.39 is 18.5 Å². The highest BCUT2D eigenvalue weighted by atomic mass is 16.5. The van der Waals surface area contributed by atoms with Gasteiger partial charge in [-0.05, 0) is 53.8 Å². The van der Waals surface area contributed by atoms with E-state index in [1.165, 1.54) is 12.0 Å². The van der Waals surface area contributed by atoms with Crippen LogP contribution in [0.2, 0.25) is 0 Å². The molecule has 1 aromatic heterocycles. The molecular weight excluding hydrogens is 368 g/mol. The van der Waals surface area contributed by atoms with Gasteiger partial charge in [0.25, 0.3) is 0 Å². The van der Waals surface area contributed by atoms with Gasteiger partial charge < -0.3 is 15.6 Å². The third-order valence-corrected chi connectivity index (χ3v) is 4.72. The van der Waals surface area contributed by atoms with E-state index in [1.54, 1.807) is 24.3 Å². The number of carboxylic acid groups (broad SMARTS) is 1. The fourth-order valence-corrected chi connectivity index (χ4v) is 3.27. The Labute approximate surface area is 169 Å². The Balaban J connectivity index is 2.11. The second kappa shape index (κ2) is 9.19. The van der Waals surface area contributed by atoms with Crippen LogP contribution < -0.4 is 10.5 Å². The quantitative estimate of drug-likeness (QED) is 0.531. The van der Waals surface area contributed by atoms with Gasteiger partial charge in [0.1, 0.15) is 0 Å². The number of aromatic nitrogens is 1. The molecule has 0 atom stereocenters. The van der Waals surface area contributed by atoms with Crippen molar-refractivity contribution in [1.29, 1.82) is 0 Å². The first-order valence-electron chi connectivity index (χ1n) is 9.66. The molecule has 6 heteroatoms. The third-order valence-electron chi connectivity index (χ3n) is 4.72. The van der Waals surface area contributed by atoms with E-state index in [0.717, 1.165) is 35.8 Å². The van der Waals surface area contributed by atoms with Crippen LogP contribution in [-0.4, -0.2) is 28.6 Å². The van der Waals surface area contributed by atoms with Crippen LogP contribution in [0.5, 0.6) is 5.88 Å². The number of fused-ring (bicyclic) bond motifs is 1. The number of rotatable bonds is 9. The van der Waals surface area contributed by atoms with E-state index in [-0.39, 0.29) is 5.88 Å². The number of pyridine rings is 1. The average Bonchev–Trinajstić information content (AvgIpc) is 2.72. The van der Waals surface area contributed by atoms with Gasteiger partial charge in [-0.1, -0.05) is 38.0 Å². The molecule has 0 radical (unpaired) electrons. The van der Waals surface area contributed by atoms with E-state index in [9.17, 15) is 9.59 Å². The van der Waals surface area contributed by atoms with Crippen LogP contribution in [0.1, 0.15) is 42.1 Å². The Morgan fingerprint density at radius 2 is 1.93 bits per heavy atom. The van der Waals surface area contributed by atoms with Crippen LogP contribution >= 0.6 is 0 Å². The lowest BCUT2D eigenvalue weighted by atomic mass is 9.97. The van der Waals surface area contributed by atoms with Crippen molar-refractivity contribution in [3.05, 3.63) is 59.7 Å². The van der Waals surface area contributed by atoms with E-state index in [2.05, 4.69) is 18.0 Å². The molecule has 1 amide bonds. The molecule has 0 aliphatic heterocycles. The number of benzene rings is 2. The maximum Gasteiger partial charge on any atom is 0.341 e. The maximum atomic E-state index is 11.6. The number of carboxylic acids is 1. The van der Waals surface area contributed by atoms with Crippen molar-refractivity contribution in [2.24, 2.45) is 5.73 Å². The standard InChI is InChI=1S/C23H24N2O4/c1-2-3-4-6-15-9-10-20-19(11-15)18(13-21(25-20)29-14-22(26)27)16-7-5-8-17(12-16)23(24)28/h5,7-13H,2-4,6,14H2,1H3,(H2,24,28)(H,26,27). The number of hydrogen-bond acceptors (Lipinski definition) is 4. The van der Waals surface area contributed by atoms with Crippen LogP contribution in [0.25, 0.3) is 22.0 Å². The van der Waals surface area contributed by atoms with Crippen LogP contribution in [0, 0.1) is 0 Å². The maximum absolute atomic E-state index is 11.6. The molecule has 0 saturated carbocycles. The summed E-state index contributed by atoms with van der Waals surface area (Å²) in [6, 6.07) is 14.8. The zero-order valence-corrected chi connectivity index (χ0v) is 16.4. The molecule has 3 aromatic rings. The predicted octanol–water partition coefficient (Wildman–Crippen LogP) is 4.20. The molecule has 0 bridgehead atoms. The van der Waals surface area contributed by atoms with Crippen molar-refractivity contribution in [2.75, 3.05) is 6.61 Å². The number of amides is 1. The SMILES string of the molecule is CCCCCc1ccc2nc(OCC(=O)O)cc(-c3cccc(C(N)=O)c3)c2c1. The summed E-state index contributed by atoms with van der Waals surface area (Å²) in [6.45, 7) is 1.70. The zero-order valence-electron chi connectivity index (χ0n) is 16.4. The number of carbonyl (C=O) groups is 2. The number of unbranched alkanes of at least 4 members (excludes halogenated alkanes) is 2. The lowest BCUT2D eigenvalue weighted by molar-refractivity contribution is -0.139. The summed E-state index contributed by atoms with van der Waals surface area (Å²) >= 11 is 0. The summed E-state index contributed by atoms with van der Waals surface area (Å²) in [5, 5.41) is 9.83. The minimum absolute atomic E-state index is 0.220. The third kappa shape index (κ3) is 5.10. The average molecular weight is 392 g/mol. The van der Waals surface area contributed by atoms with Crippen molar-refractivity contribution >= 4 is 22.8 Å². The summed E-state index contributed by atoms with van der Waals surface area (Å²) in [5.74, 6) is -1.36. The number of hydrogen-bond donors (Lipinski definition) is 2. The van der Waals surface area contributed by atoms with Gasteiger partial charge in [0.15, 0.2) is 6.61 Å². The van der Waals surface area contributed by atoms with Crippen LogP contribution in [-0.2, 0) is 11.2 Å². The molecule has 3 N–H and O–H groups in total. The van der Waals surface area contributed by atoms with E-state index >= 15 is 0 Å². The second-order valence-corrected chi connectivity index (χ2v) is 6.94. The molecule has 0 aliphatic rings. The van der Waals surface area contributed by atoms with Crippen molar-refractivity contribution in [2.45, 2.75) is 32.6 Å². The van der Waals surface area contributed by atoms with Gasteiger partial charge in [-0.2, -0.15) is 0 Å². The van der Waals surface area contributed by atoms with Gasteiger partial charge >= 0.3 is 5.97 Å². The van der Waals surface area contributed by atoms with Gasteiger partial charge in [-0.3, -0.25) is 4.79 Å². The summed E-state index contributed by atoms with van der Waals surface area (Å²) in [7, 11) is 0. The van der Waals surface area contributed by atoms with Gasteiger partial charge in [0.2, 0.25) is 11.8 Å². The smallest absolute Gasteiger partial charge is 0.341 e. The molecule has 0 saturated heterocycles. The highest BCUT2D eigenvalue weighted by Gasteiger charge is 2.12. The molecule has 1 heterocycles. The number of aryl methyl sites for hydroxylation is 1. The summed E-state index contributed by atoms with van der Waals surface area (Å²) in [5.41, 5.74) is 9.35. The molecule has 0 aliphatic carbocycles. The summed E-state index contributed by atoms with van der Waals surface area (Å²) in [6.07, 6.45) is 4.42. The lowest BCUT2D eigenvalue weighted by Gasteiger charge is -2.12. The molecule has 29 heavy (non-hydrogen) atoms. The Kier molecular flexibility index (Phi) is 6.44. The summed E-state index contributed by atoms with van der Waals surface area (Å²) < 4.78 is 5.32. The Bertz CT molecular complexity index is 1050. The van der Waals surface area contributed by atoms with Crippen LogP contribution in [0.4, 0.5) is 0 Å². The highest BCUT2D eigenvalue weighted by molar-refractivity contribution is 5.98. The number of nitrogens with two attached hydrogens (primary N) is 1. The van der Waals surface area contributed by atoms with Gasteiger partial charge in [0, 0.05) is 17.0 Å². The zero-order chi connectivity index (χ0) is 20.8. The van der Waals surface area contributed by atoms with E-state index in [4.69, 9.17) is 15.6 Å². The Hall–Kier alpha value is -3.41. The molecular formula is C23H24N2O4. The van der Waals surface area contributed by atoms with Crippen LogP contribution in [0.15, 0.2) is 48.5 Å². The monoisotopic (exact) mass is 392 g/mol. The molecule has 6 nitrogen and oxygen atoms in total. The molecule has 2 aromatic carbocycles. The second-order valence-electron chi connectivity index (χ2n) is 6.94. The molecule has 3 rings (SSSR count). The Morgan fingerprint density at radius 1 is 1.10 bits per heavy atom. The topological polar surface area (TPSA) is 103 Å². The van der Waals surface area contributed by atoms with Gasteiger partial charge in [-0.25, -0.2) is 9.78 Å². The first-order valence-corrected chi connectivity index (χ1v) is 9.66. The molecule has 0 spiro atoms. The Morgan fingerprint density at radius 3 is 2.66 bits per heavy atom. The van der Waals surface area contributed by atoms with Crippen molar-refractivity contribution in [3.63, 3.8) is 0 Å². The van der Waals surface area contributed by atoms with E-state index in [1.807, 2.05) is 18.2 Å². The van der Waals surface area contributed by atoms with Gasteiger partial charge in [0.05, 0.1) is 5.52 Å². The number of carbonyl (C=O) groups excluding carboxylic acids is 1. The van der Waals surface area contributed by atoms with Crippen molar-refractivity contribution in [3.8, 4) is 17.0 Å². The minimum Gasteiger partial charge on any atom is -0.479 e. The first-order chi connectivity index (χ1) is 14.0. The molecule has 150 valence electrons. The van der Waals surface area contributed by atoms with Crippen molar-refractivity contribution < 1.29 is 19.4 Å². The fourth-order valence-electron chi connectivity index (χ4n) is 3.27. The minimum atomic E-state index is -1.07. The fraction of sp³-hybridized carbons (Fsp3) is 0.261. The van der Waals surface area contributed by atoms with E-state index in [0.29, 0.717) is 11.1 Å². The predicted molar refractivity (Wildman–Crippen MR) is 112 cm³/mol. The summed E-state index contributed by atoms with van der Waals surface area (Å²) in [4.78, 5) is 26.9.